The summed E-state index contributed by atoms with van der Waals surface area (Å²) in [7, 11) is 1.62. The molecule has 0 aliphatic carbocycles. The first kappa shape index (κ1) is 31.2. The van der Waals surface area contributed by atoms with Gasteiger partial charge in [-0.15, -0.1) is 0 Å². The third-order valence-electron chi connectivity index (χ3n) is 8.32. The molecule has 0 unspecified atom stereocenters. The maximum atomic E-state index is 15.7. The zero-order chi connectivity index (χ0) is 32.9. The van der Waals surface area contributed by atoms with Gasteiger partial charge in [0.15, 0.2) is 23.3 Å². The van der Waals surface area contributed by atoms with Crippen LogP contribution in [0.3, 0.4) is 0 Å². The van der Waals surface area contributed by atoms with Crippen molar-refractivity contribution in [3.8, 4) is 45.1 Å². The molecule has 238 valence electrons. The van der Waals surface area contributed by atoms with E-state index in [0.717, 1.165) is 39.8 Å². The molecule has 46 heavy (non-hydrogen) atoms. The van der Waals surface area contributed by atoms with Gasteiger partial charge in [-0.25, -0.2) is 18.7 Å². The van der Waals surface area contributed by atoms with E-state index in [-0.39, 0.29) is 5.75 Å². The molecule has 9 nitrogen and oxygen atoms in total. The Kier molecular flexibility index (Phi) is 8.02. The molecule has 6 rings (SSSR count). The van der Waals surface area contributed by atoms with Crippen LogP contribution in [0.1, 0.15) is 61.2 Å². The molecule has 4 heterocycles. The number of nitrogens with zero attached hydrogens (tertiary/aromatic N) is 4. The topological polar surface area (TPSA) is 108 Å². The van der Waals surface area contributed by atoms with Gasteiger partial charge in [-0.2, -0.15) is 5.10 Å². The minimum Gasteiger partial charge on any atom is -0.496 e. The van der Waals surface area contributed by atoms with E-state index in [4.69, 9.17) is 24.3 Å². The summed E-state index contributed by atoms with van der Waals surface area (Å²) in [5, 5.41) is 15.6. The Morgan fingerprint density at radius 1 is 1.09 bits per heavy atom. The lowest BCUT2D eigenvalue weighted by Gasteiger charge is -2.28. The van der Waals surface area contributed by atoms with Crippen molar-refractivity contribution in [2.45, 2.75) is 66.1 Å². The summed E-state index contributed by atoms with van der Waals surface area (Å²) in [5.74, 6) is -0.746. The van der Waals surface area contributed by atoms with E-state index in [2.05, 4.69) is 4.98 Å². The minimum absolute atomic E-state index is 0.247. The van der Waals surface area contributed by atoms with Gasteiger partial charge in [-0.1, -0.05) is 18.2 Å². The molecule has 0 saturated heterocycles. The number of ether oxygens (including phenoxy) is 3. The van der Waals surface area contributed by atoms with E-state index < -0.39 is 23.5 Å². The largest absolute Gasteiger partial charge is 0.496 e. The maximum absolute atomic E-state index is 15.7. The van der Waals surface area contributed by atoms with Crippen molar-refractivity contribution >= 4 is 11.6 Å². The summed E-state index contributed by atoms with van der Waals surface area (Å²) in [6.07, 6.45) is 3.43. The Morgan fingerprint density at radius 2 is 1.85 bits per heavy atom. The van der Waals surface area contributed by atoms with Crippen LogP contribution in [0.4, 0.5) is 4.39 Å². The highest BCUT2D eigenvalue weighted by atomic mass is 19.1. The fraction of sp³-hybridized carbons (Fsp3) is 0.333. The third-order valence-corrected chi connectivity index (χ3v) is 8.32. The van der Waals surface area contributed by atoms with Gasteiger partial charge in [0.2, 0.25) is 0 Å². The van der Waals surface area contributed by atoms with Crippen molar-refractivity contribution in [3.05, 3.63) is 82.6 Å². The van der Waals surface area contributed by atoms with Crippen molar-refractivity contribution in [3.63, 3.8) is 0 Å². The summed E-state index contributed by atoms with van der Waals surface area (Å²) >= 11 is 0. The summed E-state index contributed by atoms with van der Waals surface area (Å²) in [4.78, 5) is 22.0. The van der Waals surface area contributed by atoms with Gasteiger partial charge >= 0.3 is 5.97 Å². The lowest BCUT2D eigenvalue weighted by atomic mass is 9.91. The summed E-state index contributed by atoms with van der Waals surface area (Å²) < 4.78 is 34.8. The molecule has 1 aliphatic rings. The molecular weight excluding hydrogens is 587 g/mol. The number of methoxy groups -OCH3 is 1. The second-order valence-electron chi connectivity index (χ2n) is 12.6. The first-order valence-electron chi connectivity index (χ1n) is 15.2. The molecule has 10 heteroatoms. The van der Waals surface area contributed by atoms with Crippen LogP contribution in [-0.4, -0.2) is 50.0 Å². The highest BCUT2D eigenvalue weighted by Crippen LogP contribution is 2.43. The van der Waals surface area contributed by atoms with Crippen LogP contribution in [0.2, 0.25) is 0 Å². The Hall–Kier alpha value is -4.83. The first-order valence-corrected chi connectivity index (χ1v) is 15.2. The second-order valence-corrected chi connectivity index (χ2v) is 12.6. The molecule has 1 aliphatic heterocycles. The van der Waals surface area contributed by atoms with Crippen LogP contribution in [0.25, 0.3) is 39.3 Å². The predicted molar refractivity (Wildman–Crippen MR) is 173 cm³/mol. The summed E-state index contributed by atoms with van der Waals surface area (Å²) in [5.41, 5.74) is 6.97. The Balaban J connectivity index is 1.66. The number of benzene rings is 2. The Morgan fingerprint density at radius 3 is 2.57 bits per heavy atom. The van der Waals surface area contributed by atoms with E-state index in [1.807, 2.05) is 44.2 Å². The van der Waals surface area contributed by atoms with Crippen molar-refractivity contribution in [1.29, 1.82) is 0 Å². The Labute approximate surface area is 267 Å². The molecule has 2 aromatic carbocycles. The predicted octanol–water partition coefficient (Wildman–Crippen LogP) is 7.46. The summed E-state index contributed by atoms with van der Waals surface area (Å²) in [6.45, 7) is 11.4. The number of carbonyl (C=O) groups is 1. The number of aliphatic carboxylic acids is 1. The average Bonchev–Trinajstić information content (AvgIpc) is 3.36. The molecule has 0 bridgehead atoms. The van der Waals surface area contributed by atoms with E-state index in [1.54, 1.807) is 51.7 Å². The number of aromatic nitrogens is 4. The second kappa shape index (κ2) is 11.8. The van der Waals surface area contributed by atoms with Gasteiger partial charge in [-0.05, 0) is 83.7 Å². The van der Waals surface area contributed by atoms with E-state index in [9.17, 15) is 9.90 Å². The molecule has 1 atom stereocenters. The number of hydrogen-bond acceptors (Lipinski definition) is 7. The zero-order valence-electron chi connectivity index (χ0n) is 27.1. The van der Waals surface area contributed by atoms with Crippen LogP contribution in [0.5, 0.6) is 11.5 Å². The summed E-state index contributed by atoms with van der Waals surface area (Å²) in [6, 6.07) is 11.1. The monoisotopic (exact) mass is 624 g/mol. The van der Waals surface area contributed by atoms with Gasteiger partial charge in [0.1, 0.15) is 5.75 Å². The lowest BCUT2D eigenvalue weighted by Crippen LogP contribution is -2.29. The van der Waals surface area contributed by atoms with Crippen molar-refractivity contribution in [1.82, 2.24) is 19.6 Å². The van der Waals surface area contributed by atoms with Crippen LogP contribution in [0.15, 0.2) is 48.8 Å². The number of rotatable bonds is 7. The molecule has 1 N–H and O–H groups in total. The Bertz CT molecular complexity index is 2000. The van der Waals surface area contributed by atoms with E-state index in [0.29, 0.717) is 52.6 Å². The molecule has 0 amide bonds. The van der Waals surface area contributed by atoms with Crippen LogP contribution >= 0.6 is 0 Å². The maximum Gasteiger partial charge on any atom is 0.337 e. The van der Waals surface area contributed by atoms with Crippen LogP contribution in [-0.2, 0) is 16.0 Å². The van der Waals surface area contributed by atoms with Crippen molar-refractivity contribution < 1.29 is 28.5 Å². The van der Waals surface area contributed by atoms with Gasteiger partial charge in [-0.3, -0.25) is 4.98 Å². The van der Waals surface area contributed by atoms with Crippen LogP contribution < -0.4 is 9.47 Å². The molecule has 0 spiro atoms. The fourth-order valence-electron chi connectivity index (χ4n) is 6.23. The number of hydrogen-bond donors (Lipinski definition) is 1. The lowest BCUT2D eigenvalue weighted by molar-refractivity contribution is -0.160. The number of carboxylic acids is 1. The number of pyridine rings is 1. The third kappa shape index (κ3) is 5.47. The van der Waals surface area contributed by atoms with Crippen molar-refractivity contribution in [2.24, 2.45) is 0 Å². The normalized spacial score (nSPS) is 13.7. The first-order chi connectivity index (χ1) is 21.9. The minimum atomic E-state index is -1.39. The van der Waals surface area contributed by atoms with E-state index in [1.165, 1.54) is 6.07 Å². The van der Waals surface area contributed by atoms with Crippen molar-refractivity contribution in [2.75, 3.05) is 13.7 Å². The standard InChI is InChI=1S/C36H37FN4O5/c1-19-24-12-9-15-45-32(24)27(37)17-25(19)31-29(33(35(42)43)46-36(4,5)6)21(3)39-34-20(2)30(40-41(31)34)23-11-8-10-22(16-23)26-18-38-14-13-28(26)44-7/h8,10-11,13-14,16-18,33H,9,12,15H2,1-7H3,(H,42,43)/t33-/m0/s1. The SMILES string of the molecule is COc1ccncc1-c1cccc(-c2nn3c(-c4cc(F)c5c(c4C)CCCO5)c([C@H](OC(C)(C)C)C(=O)O)c(C)nc3c2C)c1. The van der Waals surface area contributed by atoms with Crippen LogP contribution in [0, 0.1) is 26.6 Å². The smallest absolute Gasteiger partial charge is 0.337 e. The average molecular weight is 625 g/mol. The molecule has 0 fully saturated rings. The molecular formula is C36H37FN4O5. The number of halogens is 1. The van der Waals surface area contributed by atoms with Gasteiger partial charge in [0, 0.05) is 51.5 Å². The number of aryl methyl sites for hydroxylation is 2. The molecule has 3 aromatic heterocycles. The molecule has 0 saturated carbocycles. The number of fused-ring (bicyclic) bond motifs is 2. The van der Waals surface area contributed by atoms with Gasteiger partial charge < -0.3 is 19.3 Å². The quantitative estimate of drug-likeness (QED) is 0.199. The van der Waals surface area contributed by atoms with Gasteiger partial charge in [0.25, 0.3) is 0 Å². The van der Waals surface area contributed by atoms with E-state index >= 15 is 4.39 Å². The number of carboxylic acid groups (broad SMARTS) is 1. The molecule has 0 radical (unpaired) electrons. The molecule has 5 aromatic rings. The zero-order valence-corrected chi connectivity index (χ0v) is 27.1. The highest BCUT2D eigenvalue weighted by molar-refractivity contribution is 5.84. The fourth-order valence-corrected chi connectivity index (χ4v) is 6.23. The highest BCUT2D eigenvalue weighted by Gasteiger charge is 2.35. The van der Waals surface area contributed by atoms with Gasteiger partial charge in [0.05, 0.1) is 30.7 Å².